The van der Waals surface area contributed by atoms with Crippen molar-refractivity contribution in [2.75, 3.05) is 31.1 Å². The van der Waals surface area contributed by atoms with Crippen LogP contribution < -0.4 is 4.90 Å². The Hall–Kier alpha value is -1.77. The van der Waals surface area contributed by atoms with Crippen molar-refractivity contribution in [3.63, 3.8) is 0 Å². The van der Waals surface area contributed by atoms with Crippen LogP contribution in [0.4, 0.5) is 5.82 Å². The molecule has 2 fully saturated rings. The van der Waals surface area contributed by atoms with Crippen LogP contribution in [0.15, 0.2) is 23.8 Å². The fourth-order valence-electron chi connectivity index (χ4n) is 3.46. The molecule has 0 aromatic carbocycles. The zero-order chi connectivity index (χ0) is 16.5. The van der Waals surface area contributed by atoms with E-state index >= 15 is 0 Å². The van der Waals surface area contributed by atoms with Crippen molar-refractivity contribution in [1.29, 1.82) is 0 Å². The summed E-state index contributed by atoms with van der Waals surface area (Å²) in [6, 6.07) is 1.81. The lowest BCUT2D eigenvalue weighted by Crippen LogP contribution is -2.55. The predicted molar refractivity (Wildman–Crippen MR) is 91.0 cm³/mol. The Labute approximate surface area is 144 Å². The van der Waals surface area contributed by atoms with Crippen LogP contribution in [-0.2, 0) is 16.6 Å². The van der Waals surface area contributed by atoms with Crippen LogP contribution in [0.5, 0.6) is 0 Å². The first-order chi connectivity index (χ1) is 11.7. The number of anilines is 1. The molecular formula is C16H21N5O2S. The summed E-state index contributed by atoms with van der Waals surface area (Å²) in [7, 11) is 1.87. The molecule has 2 atom stereocenters. The molecule has 24 heavy (non-hydrogen) atoms. The number of aromatic nitrogens is 3. The van der Waals surface area contributed by atoms with Gasteiger partial charge in [-0.2, -0.15) is 5.10 Å². The molecule has 1 amide bonds. The van der Waals surface area contributed by atoms with Crippen molar-refractivity contribution >= 4 is 23.1 Å². The van der Waals surface area contributed by atoms with Gasteiger partial charge in [0, 0.05) is 50.5 Å². The molecule has 2 aromatic rings. The summed E-state index contributed by atoms with van der Waals surface area (Å²) in [6.07, 6.45) is 5.53. The zero-order valence-corrected chi connectivity index (χ0v) is 14.5. The molecule has 2 saturated heterocycles. The molecule has 7 nitrogen and oxygen atoms in total. The van der Waals surface area contributed by atoms with E-state index in [1.54, 1.807) is 22.2 Å². The minimum Gasteiger partial charge on any atom is -0.368 e. The lowest BCUT2D eigenvalue weighted by Gasteiger charge is -2.41. The number of nitrogens with zero attached hydrogens (tertiary/aromatic N) is 5. The Morgan fingerprint density at radius 3 is 3.04 bits per heavy atom. The topological polar surface area (TPSA) is 63.5 Å². The van der Waals surface area contributed by atoms with Crippen molar-refractivity contribution in [1.82, 2.24) is 19.7 Å². The first-order valence-electron chi connectivity index (χ1n) is 8.28. The van der Waals surface area contributed by atoms with Crippen molar-refractivity contribution in [3.8, 4) is 0 Å². The Morgan fingerprint density at radius 1 is 1.38 bits per heavy atom. The normalized spacial score (nSPS) is 26.0. The molecular weight excluding hydrogens is 326 g/mol. The molecule has 4 rings (SSSR count). The highest BCUT2D eigenvalue weighted by molar-refractivity contribution is 7.09. The van der Waals surface area contributed by atoms with Gasteiger partial charge >= 0.3 is 0 Å². The number of carbonyl (C=O) groups is 1. The quantitative estimate of drug-likeness (QED) is 0.841. The zero-order valence-electron chi connectivity index (χ0n) is 13.7. The summed E-state index contributed by atoms with van der Waals surface area (Å²) >= 11 is 1.61. The third-order valence-corrected chi connectivity index (χ3v) is 5.52. The summed E-state index contributed by atoms with van der Waals surface area (Å²) in [5.41, 5.74) is 0. The van der Waals surface area contributed by atoms with E-state index in [0.29, 0.717) is 6.61 Å². The van der Waals surface area contributed by atoms with Crippen LogP contribution >= 0.6 is 11.3 Å². The van der Waals surface area contributed by atoms with E-state index in [1.807, 2.05) is 29.6 Å². The number of thiazole rings is 1. The molecule has 2 aliphatic rings. The summed E-state index contributed by atoms with van der Waals surface area (Å²) in [5.74, 6) is 0.900. The first kappa shape index (κ1) is 15.7. The minimum absolute atomic E-state index is 0.0308. The molecule has 128 valence electrons. The van der Waals surface area contributed by atoms with Gasteiger partial charge in [-0.05, 0) is 12.8 Å². The smallest absolute Gasteiger partial charge is 0.245 e. The highest BCUT2D eigenvalue weighted by atomic mass is 32.1. The van der Waals surface area contributed by atoms with Crippen LogP contribution in [-0.4, -0.2) is 57.9 Å². The number of carbonyl (C=O) groups excluding carboxylic acids is 1. The van der Waals surface area contributed by atoms with Gasteiger partial charge in [0.2, 0.25) is 5.91 Å². The van der Waals surface area contributed by atoms with Gasteiger partial charge < -0.3 is 4.74 Å². The molecule has 0 saturated carbocycles. The molecule has 0 bridgehead atoms. The fourth-order valence-corrected chi connectivity index (χ4v) is 4.14. The summed E-state index contributed by atoms with van der Waals surface area (Å²) in [5, 5.41) is 7.34. The van der Waals surface area contributed by atoms with Gasteiger partial charge in [0.25, 0.3) is 0 Å². The lowest BCUT2D eigenvalue weighted by molar-refractivity contribution is -0.129. The van der Waals surface area contributed by atoms with Crippen molar-refractivity contribution in [2.45, 2.75) is 25.0 Å². The maximum absolute atomic E-state index is 13.0. The number of hydrogen-bond acceptors (Lipinski definition) is 6. The van der Waals surface area contributed by atoms with E-state index < -0.39 is 0 Å². The monoisotopic (exact) mass is 347 g/mol. The highest BCUT2D eigenvalue weighted by Gasteiger charge is 2.37. The van der Waals surface area contributed by atoms with Gasteiger partial charge in [0.1, 0.15) is 11.1 Å². The Balaban J connectivity index is 1.49. The van der Waals surface area contributed by atoms with Gasteiger partial charge in [-0.3, -0.25) is 19.3 Å². The van der Waals surface area contributed by atoms with E-state index in [4.69, 9.17) is 4.74 Å². The largest absolute Gasteiger partial charge is 0.368 e. The number of ether oxygens (including phenoxy) is 1. The second kappa shape index (κ2) is 6.62. The number of amides is 1. The van der Waals surface area contributed by atoms with Crippen LogP contribution in [0.25, 0.3) is 0 Å². The van der Waals surface area contributed by atoms with Gasteiger partial charge in [0.15, 0.2) is 5.82 Å². The molecule has 4 heterocycles. The second-order valence-electron chi connectivity index (χ2n) is 6.22. The maximum Gasteiger partial charge on any atom is 0.245 e. The van der Waals surface area contributed by atoms with Gasteiger partial charge in [-0.1, -0.05) is 0 Å². The van der Waals surface area contributed by atoms with Crippen LogP contribution in [0.1, 0.15) is 24.0 Å². The standard InChI is InChI=1S/C16H21N5O2S/c1-19-7-4-14(18-19)21-6-2-3-12(16(21)22)20-8-9-23-13(11-20)15-17-5-10-24-15/h4-5,7,10,12-13H,2-3,6,8-9,11H2,1H3/t12-,13-/m0/s1. The van der Waals surface area contributed by atoms with E-state index in [-0.39, 0.29) is 18.1 Å². The molecule has 0 N–H and O–H groups in total. The number of morpholine rings is 1. The molecule has 0 unspecified atom stereocenters. The summed E-state index contributed by atoms with van der Waals surface area (Å²) in [6.45, 7) is 2.89. The van der Waals surface area contributed by atoms with E-state index in [0.717, 1.165) is 43.3 Å². The van der Waals surface area contributed by atoms with Crippen molar-refractivity contribution < 1.29 is 9.53 Å². The minimum atomic E-state index is -0.0906. The molecule has 8 heteroatoms. The summed E-state index contributed by atoms with van der Waals surface area (Å²) < 4.78 is 7.59. The number of rotatable bonds is 3. The highest BCUT2D eigenvalue weighted by Crippen LogP contribution is 2.28. The average Bonchev–Trinajstić information content (AvgIpc) is 3.27. The Kier molecular flexibility index (Phi) is 4.34. The third kappa shape index (κ3) is 2.97. The number of hydrogen-bond donors (Lipinski definition) is 0. The van der Waals surface area contributed by atoms with Crippen LogP contribution in [0.2, 0.25) is 0 Å². The first-order valence-corrected chi connectivity index (χ1v) is 9.16. The second-order valence-corrected chi connectivity index (χ2v) is 7.15. The number of piperidine rings is 1. The van der Waals surface area contributed by atoms with Crippen molar-refractivity contribution in [3.05, 3.63) is 28.8 Å². The summed E-state index contributed by atoms with van der Waals surface area (Å²) in [4.78, 5) is 21.4. The molecule has 0 radical (unpaired) electrons. The van der Waals surface area contributed by atoms with E-state index in [1.165, 1.54) is 0 Å². The average molecular weight is 347 g/mol. The molecule has 0 aliphatic carbocycles. The maximum atomic E-state index is 13.0. The SMILES string of the molecule is Cn1ccc(N2CCC[C@H](N3CCO[C@H](c4nccs4)C3)C2=O)n1. The number of aryl methyl sites for hydroxylation is 1. The van der Waals surface area contributed by atoms with Crippen molar-refractivity contribution in [2.24, 2.45) is 7.05 Å². The van der Waals surface area contributed by atoms with Crippen LogP contribution in [0, 0.1) is 0 Å². The Morgan fingerprint density at radius 2 is 2.29 bits per heavy atom. The predicted octanol–water partition coefficient (Wildman–Crippen LogP) is 1.45. The molecule has 2 aliphatic heterocycles. The van der Waals surface area contributed by atoms with Crippen LogP contribution in [0.3, 0.4) is 0 Å². The van der Waals surface area contributed by atoms with Gasteiger partial charge in [0.05, 0.1) is 12.6 Å². The van der Waals surface area contributed by atoms with Gasteiger partial charge in [-0.25, -0.2) is 4.98 Å². The Bertz CT molecular complexity index is 701. The third-order valence-electron chi connectivity index (χ3n) is 4.65. The molecule has 0 spiro atoms. The van der Waals surface area contributed by atoms with E-state index in [2.05, 4.69) is 15.0 Å². The van der Waals surface area contributed by atoms with E-state index in [9.17, 15) is 4.79 Å². The fraction of sp³-hybridized carbons (Fsp3) is 0.562. The molecule has 2 aromatic heterocycles. The lowest BCUT2D eigenvalue weighted by atomic mass is 10.0. The van der Waals surface area contributed by atoms with Gasteiger partial charge in [-0.15, -0.1) is 11.3 Å².